The van der Waals surface area contributed by atoms with Crippen molar-refractivity contribution in [3.8, 4) is 0 Å². The summed E-state index contributed by atoms with van der Waals surface area (Å²) in [7, 11) is 0. The number of unbranched alkanes of at least 4 members (excludes halogenated alkanes) is 1. The van der Waals surface area contributed by atoms with Crippen molar-refractivity contribution in [1.82, 2.24) is 9.80 Å². The van der Waals surface area contributed by atoms with Gasteiger partial charge in [-0.05, 0) is 44.4 Å². The summed E-state index contributed by atoms with van der Waals surface area (Å²) < 4.78 is 12.3. The fraction of sp³-hybridized carbons (Fsp3) is 0.767. The first-order valence-corrected chi connectivity index (χ1v) is 15.6. The number of aliphatic hydroxyl groups excluding tert-OH is 1. The van der Waals surface area contributed by atoms with Gasteiger partial charge in [0.2, 0.25) is 11.8 Å². The van der Waals surface area contributed by atoms with Crippen molar-refractivity contribution >= 4 is 33.7 Å². The van der Waals surface area contributed by atoms with Gasteiger partial charge in [-0.3, -0.25) is 14.4 Å². The summed E-state index contributed by atoms with van der Waals surface area (Å²) in [6.07, 6.45) is 10.4. The highest BCUT2D eigenvalue weighted by molar-refractivity contribution is 9.09. The summed E-state index contributed by atoms with van der Waals surface area (Å²) in [6, 6.07) is -1.40. The fourth-order valence-electron chi connectivity index (χ4n) is 7.43. The van der Waals surface area contributed by atoms with Gasteiger partial charge >= 0.3 is 5.97 Å². The number of aliphatic hydroxyl groups is 1. The number of hydrogen-bond acceptors (Lipinski definition) is 6. The molecule has 2 amide bonds. The Bertz CT molecular complexity index is 936. The fourth-order valence-corrected chi connectivity index (χ4v) is 8.38. The van der Waals surface area contributed by atoms with Crippen molar-refractivity contribution < 1.29 is 29.0 Å². The van der Waals surface area contributed by atoms with Crippen molar-refractivity contribution in [2.45, 2.75) is 106 Å². The summed E-state index contributed by atoms with van der Waals surface area (Å²) in [4.78, 5) is 45.7. The molecule has 3 aliphatic heterocycles. The van der Waals surface area contributed by atoms with Crippen LogP contribution in [0, 0.1) is 17.8 Å². The first-order chi connectivity index (χ1) is 18.7. The van der Waals surface area contributed by atoms with Gasteiger partial charge < -0.3 is 24.4 Å². The van der Waals surface area contributed by atoms with Crippen LogP contribution in [0.3, 0.4) is 0 Å². The van der Waals surface area contributed by atoms with Gasteiger partial charge in [-0.15, -0.1) is 13.2 Å². The Morgan fingerprint density at radius 3 is 2.59 bits per heavy atom. The standard InChI is InChI=1S/C30H45BrN2O6/c1-5-7-11-15-38-29(37)23-24-27(35)33(21(18-34)16-19(3)4)26(30(24)17-22(31)25(23)39-30)28(36)32(14-6-2)20-12-9-8-10-13-20/h5-6,19-26,34H,1-2,7-18H2,3-4H3/t21-,22?,23+,24+,25+,26?,30?/m1/s1. The zero-order valence-electron chi connectivity index (χ0n) is 23.4. The van der Waals surface area contributed by atoms with Crippen LogP contribution in [0.25, 0.3) is 0 Å². The molecule has 9 heteroatoms. The van der Waals surface area contributed by atoms with Gasteiger partial charge in [-0.2, -0.15) is 0 Å². The van der Waals surface area contributed by atoms with Gasteiger partial charge in [0.05, 0.1) is 37.2 Å². The molecule has 7 atom stereocenters. The van der Waals surface area contributed by atoms with E-state index in [1.54, 1.807) is 17.1 Å². The van der Waals surface area contributed by atoms with Crippen LogP contribution in [0.2, 0.25) is 0 Å². The van der Waals surface area contributed by atoms with Gasteiger partial charge in [0, 0.05) is 17.4 Å². The normalized spacial score (nSPS) is 32.8. The van der Waals surface area contributed by atoms with Gasteiger partial charge in [0.1, 0.15) is 11.6 Å². The van der Waals surface area contributed by atoms with Crippen LogP contribution in [0.4, 0.5) is 0 Å². The number of esters is 1. The number of amides is 2. The second-order valence-corrected chi connectivity index (χ2v) is 13.2. The van der Waals surface area contributed by atoms with Crippen LogP contribution >= 0.6 is 15.9 Å². The quantitative estimate of drug-likeness (QED) is 0.147. The molecule has 4 fully saturated rings. The van der Waals surface area contributed by atoms with E-state index in [1.165, 1.54) is 0 Å². The Labute approximate surface area is 241 Å². The molecule has 0 aromatic rings. The third kappa shape index (κ3) is 5.60. The molecule has 39 heavy (non-hydrogen) atoms. The number of fused-ring (bicyclic) bond motifs is 1. The smallest absolute Gasteiger partial charge is 0.312 e. The molecule has 0 aromatic carbocycles. The number of alkyl halides is 1. The molecule has 0 aromatic heterocycles. The van der Waals surface area contributed by atoms with Crippen LogP contribution in [-0.4, -0.2) is 87.1 Å². The van der Waals surface area contributed by atoms with E-state index in [-0.39, 0.29) is 41.8 Å². The predicted molar refractivity (Wildman–Crippen MR) is 152 cm³/mol. The summed E-state index contributed by atoms with van der Waals surface area (Å²) in [5.74, 6) is -2.35. The molecule has 218 valence electrons. The predicted octanol–water partition coefficient (Wildman–Crippen LogP) is 4.00. The minimum Gasteiger partial charge on any atom is -0.465 e. The lowest BCUT2D eigenvalue weighted by atomic mass is 9.70. The van der Waals surface area contributed by atoms with E-state index in [0.29, 0.717) is 25.8 Å². The zero-order chi connectivity index (χ0) is 28.3. The molecular formula is C30H45BrN2O6. The summed E-state index contributed by atoms with van der Waals surface area (Å²) in [5.41, 5.74) is -1.16. The number of nitrogens with zero attached hydrogens (tertiary/aromatic N) is 2. The summed E-state index contributed by atoms with van der Waals surface area (Å²) >= 11 is 3.72. The van der Waals surface area contributed by atoms with Gasteiger partial charge in [-0.1, -0.05) is 61.2 Å². The second kappa shape index (κ2) is 12.9. The number of halogens is 1. The number of likely N-dealkylation sites (tertiary alicyclic amines) is 1. The maximum Gasteiger partial charge on any atom is 0.312 e. The molecule has 1 saturated carbocycles. The first kappa shape index (κ1) is 30.3. The molecule has 0 radical (unpaired) electrons. The summed E-state index contributed by atoms with van der Waals surface area (Å²) in [5, 5.41) is 10.5. The van der Waals surface area contributed by atoms with Crippen LogP contribution in [-0.2, 0) is 23.9 Å². The molecule has 4 rings (SSSR count). The van der Waals surface area contributed by atoms with Crippen LogP contribution < -0.4 is 0 Å². The lowest BCUT2D eigenvalue weighted by molar-refractivity contribution is -0.157. The van der Waals surface area contributed by atoms with Crippen LogP contribution in [0.1, 0.15) is 71.6 Å². The number of rotatable bonds is 13. The second-order valence-electron chi connectivity index (χ2n) is 12.0. The van der Waals surface area contributed by atoms with Crippen LogP contribution in [0.5, 0.6) is 0 Å². The average molecular weight is 610 g/mol. The monoisotopic (exact) mass is 608 g/mol. The largest absolute Gasteiger partial charge is 0.465 e. The Morgan fingerprint density at radius 1 is 1.26 bits per heavy atom. The van der Waals surface area contributed by atoms with Crippen molar-refractivity contribution in [3.63, 3.8) is 0 Å². The molecule has 3 unspecified atom stereocenters. The number of allylic oxidation sites excluding steroid dienone is 1. The molecular weight excluding hydrogens is 564 g/mol. The topological polar surface area (TPSA) is 96.4 Å². The van der Waals surface area contributed by atoms with E-state index < -0.39 is 41.6 Å². The Kier molecular flexibility index (Phi) is 9.97. The van der Waals surface area contributed by atoms with Crippen molar-refractivity contribution in [2.75, 3.05) is 19.8 Å². The van der Waals surface area contributed by atoms with Crippen molar-refractivity contribution in [1.29, 1.82) is 0 Å². The molecule has 2 bridgehead atoms. The molecule has 3 heterocycles. The van der Waals surface area contributed by atoms with Gasteiger partial charge in [0.15, 0.2) is 0 Å². The lowest BCUT2D eigenvalue weighted by Crippen LogP contribution is -2.60. The minimum absolute atomic E-state index is 0.0679. The molecule has 3 saturated heterocycles. The number of carbonyl (C=O) groups excluding carboxylic acids is 3. The maximum absolute atomic E-state index is 14.6. The van der Waals surface area contributed by atoms with Crippen molar-refractivity contribution in [2.24, 2.45) is 17.8 Å². The molecule has 1 N–H and O–H groups in total. The van der Waals surface area contributed by atoms with Gasteiger partial charge in [0.25, 0.3) is 0 Å². The highest BCUT2D eigenvalue weighted by Crippen LogP contribution is 2.61. The third-order valence-corrected chi connectivity index (χ3v) is 9.85. The number of ether oxygens (including phenoxy) is 2. The van der Waals surface area contributed by atoms with E-state index in [9.17, 15) is 19.5 Å². The Balaban J connectivity index is 1.74. The average Bonchev–Trinajstić information content (AvgIpc) is 3.51. The highest BCUT2D eigenvalue weighted by atomic mass is 79.9. The lowest BCUT2D eigenvalue weighted by Gasteiger charge is -2.42. The SMILES string of the molecule is C=CCCCOC(=O)[C@H]1[C@H]2C(=O)N([C@@H](CO)CC(C)C)C(C(=O)N(CC=C)C3CCCCC3)C23CC(Br)[C@@H]1O3. The van der Waals surface area contributed by atoms with E-state index in [1.807, 2.05) is 18.7 Å². The Hall–Kier alpha value is -1.71. The minimum atomic E-state index is -1.16. The van der Waals surface area contributed by atoms with Crippen molar-refractivity contribution in [3.05, 3.63) is 25.3 Å². The molecule has 8 nitrogen and oxygen atoms in total. The third-order valence-electron chi connectivity index (χ3n) is 9.00. The van der Waals surface area contributed by atoms with E-state index in [0.717, 1.165) is 38.5 Å². The van der Waals surface area contributed by atoms with E-state index in [4.69, 9.17) is 9.47 Å². The number of carbonyl (C=O) groups is 3. The summed E-state index contributed by atoms with van der Waals surface area (Å²) in [6.45, 7) is 12.0. The van der Waals surface area contributed by atoms with Crippen LogP contribution in [0.15, 0.2) is 25.3 Å². The first-order valence-electron chi connectivity index (χ1n) is 14.7. The van der Waals surface area contributed by atoms with E-state index >= 15 is 0 Å². The highest BCUT2D eigenvalue weighted by Gasteiger charge is 2.77. The maximum atomic E-state index is 14.6. The molecule has 1 aliphatic carbocycles. The molecule has 1 spiro atoms. The number of hydrogen-bond donors (Lipinski definition) is 1. The van der Waals surface area contributed by atoms with E-state index in [2.05, 4.69) is 29.1 Å². The Morgan fingerprint density at radius 2 is 1.97 bits per heavy atom. The van der Waals surface area contributed by atoms with Gasteiger partial charge in [-0.25, -0.2) is 0 Å². The zero-order valence-corrected chi connectivity index (χ0v) is 25.0. The molecule has 4 aliphatic rings.